The topological polar surface area (TPSA) is 35.5 Å². The van der Waals surface area contributed by atoms with Crippen LogP contribution in [0, 0.1) is 0 Å². The molecule has 0 aliphatic heterocycles. The molecule has 0 unspecified atom stereocenters. The molecule has 3 nitrogen and oxygen atoms in total. The molecule has 0 spiro atoms. The molecule has 0 radical (unpaired) electrons. The number of rotatable bonds is 5. The van der Waals surface area contributed by atoms with E-state index >= 15 is 0 Å². The predicted octanol–water partition coefficient (Wildman–Crippen LogP) is 2.57. The maximum atomic E-state index is 10.7. The van der Waals surface area contributed by atoms with Crippen molar-refractivity contribution in [3.05, 3.63) is 0 Å². The van der Waals surface area contributed by atoms with Crippen LogP contribution in [-0.4, -0.2) is 24.7 Å². The van der Waals surface area contributed by atoms with Crippen molar-refractivity contribution in [1.82, 2.24) is 0 Å². The highest BCUT2D eigenvalue weighted by Crippen LogP contribution is 1.96. The molecule has 0 bridgehead atoms. The lowest BCUT2D eigenvalue weighted by Crippen LogP contribution is -2.13. The van der Waals surface area contributed by atoms with Crippen LogP contribution < -0.4 is 0 Å². The molecule has 0 N–H and O–H groups in total. The summed E-state index contributed by atoms with van der Waals surface area (Å²) < 4.78 is 9.47. The van der Waals surface area contributed by atoms with Gasteiger partial charge in [-0.1, -0.05) is 0 Å². The third kappa shape index (κ3) is 7.66. The smallest absolute Gasteiger partial charge is 0.434 e. The normalized spacial score (nSPS) is 10.0. The Balaban J connectivity index is 3.20. The van der Waals surface area contributed by atoms with E-state index in [9.17, 15) is 4.79 Å². The number of carbonyl (C=O) groups excluding carboxylic acids is 1. The molecule has 4 heteroatoms. The molecule has 0 aliphatic carbocycles. The van der Waals surface area contributed by atoms with E-state index in [1.165, 1.54) is 0 Å². The average molecular weight is 195 g/mol. The average Bonchev–Trinajstić information content (AvgIpc) is 1.97. The van der Waals surface area contributed by atoms with Gasteiger partial charge >= 0.3 is 6.16 Å². The van der Waals surface area contributed by atoms with Gasteiger partial charge in [-0.05, 0) is 26.7 Å². The van der Waals surface area contributed by atoms with E-state index in [0.29, 0.717) is 12.5 Å². The molecular formula is C8H15ClO3. The van der Waals surface area contributed by atoms with Gasteiger partial charge in [-0.2, -0.15) is 0 Å². The van der Waals surface area contributed by atoms with E-state index in [1.54, 1.807) is 13.8 Å². The lowest BCUT2D eigenvalue weighted by molar-refractivity contribution is 0.0339. The Morgan fingerprint density at radius 1 is 1.42 bits per heavy atom. The van der Waals surface area contributed by atoms with Crippen molar-refractivity contribution >= 4 is 17.8 Å². The molecule has 0 amide bonds. The Morgan fingerprint density at radius 3 is 2.58 bits per heavy atom. The first-order chi connectivity index (χ1) is 5.66. The second-order valence-electron chi connectivity index (χ2n) is 2.66. The first-order valence-corrected chi connectivity index (χ1v) is 4.59. The Labute approximate surface area is 78.0 Å². The van der Waals surface area contributed by atoms with Gasteiger partial charge in [-0.15, -0.1) is 11.6 Å². The number of unbranched alkanes of at least 4 members (excludes halogenated alkanes) is 1. The quantitative estimate of drug-likeness (QED) is 0.383. The molecule has 0 aromatic rings. The zero-order valence-electron chi connectivity index (χ0n) is 7.51. The summed E-state index contributed by atoms with van der Waals surface area (Å²) in [5.74, 6) is 0.600. The van der Waals surface area contributed by atoms with Crippen molar-refractivity contribution in [3.63, 3.8) is 0 Å². The van der Waals surface area contributed by atoms with Gasteiger partial charge in [-0.3, -0.25) is 0 Å². The van der Waals surface area contributed by atoms with E-state index in [4.69, 9.17) is 21.1 Å². The van der Waals surface area contributed by atoms with Gasteiger partial charge in [0.1, 0.15) is 0 Å². The van der Waals surface area contributed by atoms with Crippen LogP contribution in [0.5, 0.6) is 0 Å². The summed E-state index contributed by atoms with van der Waals surface area (Å²) in [6, 6.07) is 0. The molecule has 0 saturated carbocycles. The minimum absolute atomic E-state index is 0.120. The Morgan fingerprint density at radius 2 is 2.08 bits per heavy atom. The first-order valence-electron chi connectivity index (χ1n) is 4.06. The maximum absolute atomic E-state index is 10.7. The summed E-state index contributed by atoms with van der Waals surface area (Å²) >= 11 is 5.43. The third-order valence-corrected chi connectivity index (χ3v) is 1.35. The molecule has 0 aliphatic rings. The maximum Gasteiger partial charge on any atom is 0.508 e. The van der Waals surface area contributed by atoms with Gasteiger partial charge in [0.05, 0.1) is 12.7 Å². The molecule has 0 saturated heterocycles. The standard InChI is InChI=1S/C8H15ClO3/c1-7(2)12-8(10)11-6-4-3-5-9/h7H,3-6H2,1-2H3. The highest BCUT2D eigenvalue weighted by atomic mass is 35.5. The van der Waals surface area contributed by atoms with Crippen LogP contribution in [0.4, 0.5) is 4.79 Å². The van der Waals surface area contributed by atoms with E-state index < -0.39 is 6.16 Å². The molecule has 12 heavy (non-hydrogen) atoms. The van der Waals surface area contributed by atoms with Crippen LogP contribution in [0.25, 0.3) is 0 Å². The van der Waals surface area contributed by atoms with Gasteiger partial charge in [0.2, 0.25) is 0 Å². The molecular weight excluding hydrogens is 180 g/mol. The predicted molar refractivity (Wildman–Crippen MR) is 47.5 cm³/mol. The molecule has 0 heterocycles. The summed E-state index contributed by atoms with van der Waals surface area (Å²) in [6.45, 7) is 3.94. The van der Waals surface area contributed by atoms with E-state index in [2.05, 4.69) is 0 Å². The van der Waals surface area contributed by atoms with Crippen LogP contribution in [-0.2, 0) is 9.47 Å². The molecule has 0 atom stereocenters. The van der Waals surface area contributed by atoms with Crippen LogP contribution in [0.1, 0.15) is 26.7 Å². The monoisotopic (exact) mass is 194 g/mol. The van der Waals surface area contributed by atoms with Crippen LogP contribution in [0.2, 0.25) is 0 Å². The number of hydrogen-bond acceptors (Lipinski definition) is 3. The number of carbonyl (C=O) groups is 1. The van der Waals surface area contributed by atoms with E-state index in [1.807, 2.05) is 0 Å². The van der Waals surface area contributed by atoms with Crippen molar-refractivity contribution < 1.29 is 14.3 Å². The minimum Gasteiger partial charge on any atom is -0.434 e. The van der Waals surface area contributed by atoms with Gasteiger partial charge < -0.3 is 9.47 Å². The number of halogens is 1. The molecule has 0 rings (SSSR count). The van der Waals surface area contributed by atoms with Gasteiger partial charge in [0.15, 0.2) is 0 Å². The minimum atomic E-state index is -0.598. The number of hydrogen-bond donors (Lipinski definition) is 0. The van der Waals surface area contributed by atoms with Crippen molar-refractivity contribution in [2.45, 2.75) is 32.8 Å². The summed E-state index contributed by atoms with van der Waals surface area (Å²) in [7, 11) is 0. The van der Waals surface area contributed by atoms with Crippen LogP contribution in [0.3, 0.4) is 0 Å². The van der Waals surface area contributed by atoms with Crippen LogP contribution in [0.15, 0.2) is 0 Å². The van der Waals surface area contributed by atoms with Gasteiger partial charge in [0.25, 0.3) is 0 Å². The van der Waals surface area contributed by atoms with E-state index in [-0.39, 0.29) is 6.10 Å². The van der Waals surface area contributed by atoms with Crippen molar-refractivity contribution in [1.29, 1.82) is 0 Å². The molecule has 72 valence electrons. The molecule has 0 aromatic heterocycles. The van der Waals surface area contributed by atoms with Crippen molar-refractivity contribution in [3.8, 4) is 0 Å². The zero-order valence-corrected chi connectivity index (χ0v) is 8.26. The van der Waals surface area contributed by atoms with Crippen molar-refractivity contribution in [2.24, 2.45) is 0 Å². The number of alkyl halides is 1. The number of ether oxygens (including phenoxy) is 2. The van der Waals surface area contributed by atoms with Crippen molar-refractivity contribution in [2.75, 3.05) is 12.5 Å². The second kappa shape index (κ2) is 7.22. The Hall–Kier alpha value is -0.440. The SMILES string of the molecule is CC(C)OC(=O)OCCCCCl. The van der Waals surface area contributed by atoms with Crippen LogP contribution >= 0.6 is 11.6 Å². The van der Waals surface area contributed by atoms with Gasteiger partial charge in [0, 0.05) is 5.88 Å². The summed E-state index contributed by atoms with van der Waals surface area (Å²) in [5.41, 5.74) is 0. The Bertz CT molecular complexity index is 125. The fourth-order valence-corrected chi connectivity index (χ4v) is 0.768. The summed E-state index contributed by atoms with van der Waals surface area (Å²) in [4.78, 5) is 10.7. The second-order valence-corrected chi connectivity index (χ2v) is 3.04. The Kier molecular flexibility index (Phi) is 6.96. The van der Waals surface area contributed by atoms with E-state index in [0.717, 1.165) is 12.8 Å². The molecule has 0 fully saturated rings. The zero-order chi connectivity index (χ0) is 9.40. The lowest BCUT2D eigenvalue weighted by Gasteiger charge is -2.07. The third-order valence-electron chi connectivity index (χ3n) is 1.08. The fourth-order valence-electron chi connectivity index (χ4n) is 0.579. The fraction of sp³-hybridized carbons (Fsp3) is 0.875. The largest absolute Gasteiger partial charge is 0.508 e. The van der Waals surface area contributed by atoms with Gasteiger partial charge in [-0.25, -0.2) is 4.79 Å². The molecule has 0 aromatic carbocycles. The summed E-state index contributed by atoms with van der Waals surface area (Å²) in [6.07, 6.45) is 0.929. The highest BCUT2D eigenvalue weighted by Gasteiger charge is 2.04. The first kappa shape index (κ1) is 11.6. The summed E-state index contributed by atoms with van der Waals surface area (Å²) in [5, 5.41) is 0. The highest BCUT2D eigenvalue weighted by molar-refractivity contribution is 6.17. The lowest BCUT2D eigenvalue weighted by atomic mass is 10.4.